The van der Waals surface area contributed by atoms with E-state index in [0.717, 1.165) is 12.1 Å². The summed E-state index contributed by atoms with van der Waals surface area (Å²) in [6.45, 7) is 0. The number of nitrogens with zero attached hydrogens (tertiary/aromatic N) is 1. The van der Waals surface area contributed by atoms with E-state index in [9.17, 15) is 14.3 Å². The third-order valence-corrected chi connectivity index (χ3v) is 2.28. The molecule has 0 saturated heterocycles. The van der Waals surface area contributed by atoms with Gasteiger partial charge in [0.25, 0.3) is 0 Å². The molecule has 1 heterocycles. The highest BCUT2D eigenvalue weighted by Gasteiger charge is 2.19. The summed E-state index contributed by atoms with van der Waals surface area (Å²) in [6, 6.07) is 3.60. The summed E-state index contributed by atoms with van der Waals surface area (Å²) in [5.74, 6) is -3.42. The van der Waals surface area contributed by atoms with Gasteiger partial charge in [-0.05, 0) is 12.1 Å². The number of ether oxygens (including phenoxy) is 1. The zero-order chi connectivity index (χ0) is 13.3. The third kappa shape index (κ3) is 1.86. The minimum atomic E-state index is -1.29. The lowest BCUT2D eigenvalue weighted by Gasteiger charge is -2.07. The maximum absolute atomic E-state index is 13.6. The van der Waals surface area contributed by atoms with Crippen molar-refractivity contribution < 1.29 is 28.7 Å². The molecule has 0 aliphatic rings. The van der Waals surface area contributed by atoms with Crippen LogP contribution in [0.15, 0.2) is 22.7 Å². The van der Waals surface area contributed by atoms with Gasteiger partial charge in [-0.1, -0.05) is 5.16 Å². The van der Waals surface area contributed by atoms with Gasteiger partial charge < -0.3 is 19.5 Å². The molecule has 0 spiro atoms. The molecule has 1 aromatic heterocycles. The number of carbonyl (C=O) groups is 1. The van der Waals surface area contributed by atoms with Crippen molar-refractivity contribution in [3.8, 4) is 22.8 Å². The summed E-state index contributed by atoms with van der Waals surface area (Å²) < 4.78 is 22.9. The van der Waals surface area contributed by atoms with Crippen molar-refractivity contribution in [2.75, 3.05) is 7.11 Å². The molecule has 94 valence electrons. The second kappa shape index (κ2) is 4.36. The number of hydrogen-bond acceptors (Lipinski definition) is 5. The average Bonchev–Trinajstić information content (AvgIpc) is 2.82. The topological polar surface area (TPSA) is 92.8 Å². The maximum Gasteiger partial charge on any atom is 0.374 e. The van der Waals surface area contributed by atoms with Crippen LogP contribution in [0.2, 0.25) is 0 Å². The molecule has 0 aliphatic carbocycles. The van der Waals surface area contributed by atoms with E-state index in [0.29, 0.717) is 0 Å². The Morgan fingerprint density at radius 2 is 2.22 bits per heavy atom. The number of aromatic hydroxyl groups is 1. The first-order valence-corrected chi connectivity index (χ1v) is 4.80. The van der Waals surface area contributed by atoms with Gasteiger partial charge in [0.2, 0.25) is 11.6 Å². The monoisotopic (exact) mass is 253 g/mol. The predicted octanol–water partition coefficient (Wildman–Crippen LogP) is 1.89. The molecule has 2 aromatic rings. The fraction of sp³-hybridized carbons (Fsp3) is 0.0909. The molecule has 0 radical (unpaired) electrons. The number of aromatic carboxylic acids is 1. The van der Waals surface area contributed by atoms with E-state index >= 15 is 0 Å². The Kier molecular flexibility index (Phi) is 2.88. The molecule has 0 atom stereocenters. The van der Waals surface area contributed by atoms with Crippen LogP contribution in [-0.2, 0) is 0 Å². The lowest BCUT2D eigenvalue weighted by molar-refractivity contribution is 0.0652. The van der Waals surface area contributed by atoms with E-state index in [-0.39, 0.29) is 22.8 Å². The minimum Gasteiger partial charge on any atom is -0.505 e. The highest BCUT2D eigenvalue weighted by atomic mass is 19.1. The van der Waals surface area contributed by atoms with Crippen LogP contribution in [0.3, 0.4) is 0 Å². The number of benzene rings is 1. The van der Waals surface area contributed by atoms with E-state index in [2.05, 4.69) is 9.68 Å². The van der Waals surface area contributed by atoms with Gasteiger partial charge in [0.05, 0.1) is 7.11 Å². The van der Waals surface area contributed by atoms with Crippen molar-refractivity contribution in [1.82, 2.24) is 5.16 Å². The summed E-state index contributed by atoms with van der Waals surface area (Å²) in [6.07, 6.45) is 0. The van der Waals surface area contributed by atoms with E-state index in [1.807, 2.05) is 0 Å². The molecule has 0 fully saturated rings. The highest BCUT2D eigenvalue weighted by Crippen LogP contribution is 2.36. The molecule has 6 nitrogen and oxygen atoms in total. The quantitative estimate of drug-likeness (QED) is 0.867. The number of hydrogen-bond donors (Lipinski definition) is 2. The number of phenols is 1. The highest BCUT2D eigenvalue weighted by molar-refractivity contribution is 5.86. The Balaban J connectivity index is 2.56. The van der Waals surface area contributed by atoms with Crippen molar-refractivity contribution in [3.05, 3.63) is 29.8 Å². The van der Waals surface area contributed by atoms with Crippen molar-refractivity contribution in [3.63, 3.8) is 0 Å². The van der Waals surface area contributed by atoms with Gasteiger partial charge in [-0.25, -0.2) is 4.79 Å². The summed E-state index contributed by atoms with van der Waals surface area (Å²) in [4.78, 5) is 10.6. The van der Waals surface area contributed by atoms with Crippen molar-refractivity contribution in [2.45, 2.75) is 0 Å². The van der Waals surface area contributed by atoms with Crippen LogP contribution < -0.4 is 4.74 Å². The number of rotatable bonds is 3. The minimum absolute atomic E-state index is 0.100. The molecule has 0 aliphatic heterocycles. The number of methoxy groups -OCH3 is 1. The van der Waals surface area contributed by atoms with E-state index in [4.69, 9.17) is 9.84 Å². The second-order valence-electron chi connectivity index (χ2n) is 3.36. The number of halogens is 1. The summed E-state index contributed by atoms with van der Waals surface area (Å²) in [5, 5.41) is 21.4. The molecule has 2 rings (SSSR count). The van der Waals surface area contributed by atoms with E-state index < -0.39 is 17.5 Å². The van der Waals surface area contributed by atoms with Crippen LogP contribution in [0.5, 0.6) is 11.5 Å². The summed E-state index contributed by atoms with van der Waals surface area (Å²) in [5.41, 5.74) is 0.284. The molecule has 0 unspecified atom stereocenters. The maximum atomic E-state index is 13.6. The molecule has 0 saturated carbocycles. The van der Waals surface area contributed by atoms with Gasteiger partial charge in [0.15, 0.2) is 11.5 Å². The Labute approximate surface area is 100 Å². The lowest BCUT2D eigenvalue weighted by Crippen LogP contribution is -1.93. The number of aromatic nitrogens is 1. The molecular formula is C11H8FNO5. The first kappa shape index (κ1) is 11.9. The van der Waals surface area contributed by atoms with Crippen molar-refractivity contribution in [1.29, 1.82) is 0 Å². The number of carboxylic acid groups (broad SMARTS) is 1. The van der Waals surface area contributed by atoms with Gasteiger partial charge in [0.1, 0.15) is 5.69 Å². The predicted molar refractivity (Wildman–Crippen MR) is 57.1 cm³/mol. The zero-order valence-electron chi connectivity index (χ0n) is 9.18. The molecule has 1 aromatic carbocycles. The average molecular weight is 253 g/mol. The third-order valence-electron chi connectivity index (χ3n) is 2.28. The Hall–Kier alpha value is -2.57. The normalized spacial score (nSPS) is 10.3. The zero-order valence-corrected chi connectivity index (χ0v) is 9.18. The van der Waals surface area contributed by atoms with Crippen molar-refractivity contribution in [2.24, 2.45) is 0 Å². The first-order valence-electron chi connectivity index (χ1n) is 4.80. The Morgan fingerprint density at radius 3 is 2.78 bits per heavy atom. The standard InChI is InChI=1S/C11H8FNO5/c1-17-10-5(2-3-7(14)9(10)12)6-4-8(11(15)16)18-13-6/h2-4,14H,1H3,(H,15,16). The lowest BCUT2D eigenvalue weighted by atomic mass is 10.1. The van der Waals surface area contributed by atoms with E-state index in [1.54, 1.807) is 0 Å². The fourth-order valence-electron chi connectivity index (χ4n) is 1.45. The van der Waals surface area contributed by atoms with Crippen LogP contribution in [-0.4, -0.2) is 28.4 Å². The molecule has 0 bridgehead atoms. The summed E-state index contributed by atoms with van der Waals surface area (Å²) in [7, 11) is 1.22. The SMILES string of the molecule is COc1c(-c2cc(C(=O)O)on2)ccc(O)c1F. The van der Waals surface area contributed by atoms with Crippen LogP contribution in [0.25, 0.3) is 11.3 Å². The van der Waals surface area contributed by atoms with E-state index in [1.165, 1.54) is 13.2 Å². The van der Waals surface area contributed by atoms with Gasteiger partial charge in [-0.3, -0.25) is 0 Å². The number of phenolic OH excluding ortho intramolecular Hbond substituents is 1. The Bertz CT molecular complexity index is 607. The van der Waals surface area contributed by atoms with Crippen LogP contribution in [0.1, 0.15) is 10.6 Å². The van der Waals surface area contributed by atoms with Gasteiger partial charge in [-0.15, -0.1) is 0 Å². The fourth-order valence-corrected chi connectivity index (χ4v) is 1.45. The molecule has 2 N–H and O–H groups in total. The molecule has 18 heavy (non-hydrogen) atoms. The Morgan fingerprint density at radius 1 is 1.50 bits per heavy atom. The first-order chi connectivity index (χ1) is 8.54. The van der Waals surface area contributed by atoms with Crippen LogP contribution >= 0.6 is 0 Å². The molecular weight excluding hydrogens is 245 g/mol. The second-order valence-corrected chi connectivity index (χ2v) is 3.36. The molecule has 7 heteroatoms. The van der Waals surface area contributed by atoms with Gasteiger partial charge in [0, 0.05) is 11.6 Å². The van der Waals surface area contributed by atoms with Crippen LogP contribution in [0, 0.1) is 5.82 Å². The van der Waals surface area contributed by atoms with Crippen molar-refractivity contribution >= 4 is 5.97 Å². The number of carboxylic acids is 1. The van der Waals surface area contributed by atoms with Gasteiger partial charge in [-0.2, -0.15) is 4.39 Å². The largest absolute Gasteiger partial charge is 0.505 e. The van der Waals surface area contributed by atoms with Crippen LogP contribution in [0.4, 0.5) is 4.39 Å². The van der Waals surface area contributed by atoms with Gasteiger partial charge >= 0.3 is 5.97 Å². The smallest absolute Gasteiger partial charge is 0.374 e. The molecule has 0 amide bonds. The summed E-state index contributed by atoms with van der Waals surface area (Å²) >= 11 is 0.